The molecule has 2 rings (SSSR count). The molecule has 0 saturated carbocycles. The van der Waals surface area contributed by atoms with Gasteiger partial charge in [-0.1, -0.05) is 12.1 Å². The molecular formula is C17H20FNO2. The van der Waals surface area contributed by atoms with Gasteiger partial charge in [0.05, 0.1) is 13.7 Å². The van der Waals surface area contributed by atoms with E-state index < -0.39 is 0 Å². The molecule has 0 saturated heterocycles. The summed E-state index contributed by atoms with van der Waals surface area (Å²) in [6.07, 6.45) is 0. The third-order valence-corrected chi connectivity index (χ3v) is 3.23. The van der Waals surface area contributed by atoms with Gasteiger partial charge < -0.3 is 14.8 Å². The third kappa shape index (κ3) is 3.88. The molecule has 0 fully saturated rings. The first kappa shape index (κ1) is 15.2. The Labute approximate surface area is 124 Å². The van der Waals surface area contributed by atoms with Crippen molar-refractivity contribution in [1.82, 2.24) is 0 Å². The molecule has 112 valence electrons. The zero-order chi connectivity index (χ0) is 15.2. The lowest BCUT2D eigenvalue weighted by molar-refractivity contribution is 0.340. The molecule has 21 heavy (non-hydrogen) atoms. The van der Waals surface area contributed by atoms with Gasteiger partial charge in [0.25, 0.3) is 0 Å². The van der Waals surface area contributed by atoms with Gasteiger partial charge in [0.15, 0.2) is 11.6 Å². The molecule has 1 N–H and O–H groups in total. The number of methoxy groups -OCH3 is 1. The number of anilines is 1. The van der Waals surface area contributed by atoms with E-state index in [0.29, 0.717) is 6.61 Å². The van der Waals surface area contributed by atoms with Gasteiger partial charge in [0, 0.05) is 17.8 Å². The van der Waals surface area contributed by atoms with Crippen LogP contribution in [0.5, 0.6) is 11.5 Å². The van der Waals surface area contributed by atoms with Crippen LogP contribution in [-0.2, 0) is 0 Å². The van der Waals surface area contributed by atoms with Gasteiger partial charge in [-0.15, -0.1) is 0 Å². The van der Waals surface area contributed by atoms with Crippen molar-refractivity contribution in [3.8, 4) is 11.5 Å². The van der Waals surface area contributed by atoms with Crippen LogP contribution >= 0.6 is 0 Å². The van der Waals surface area contributed by atoms with E-state index in [1.54, 1.807) is 12.1 Å². The van der Waals surface area contributed by atoms with Crippen LogP contribution in [0.25, 0.3) is 0 Å². The molecule has 2 aromatic carbocycles. The van der Waals surface area contributed by atoms with E-state index in [4.69, 9.17) is 9.47 Å². The van der Waals surface area contributed by atoms with E-state index in [0.717, 1.165) is 17.0 Å². The standard InChI is InChI=1S/C17H20FNO2/c1-4-21-15-8-5-13(6-9-15)12(2)19-14-7-10-16(18)17(11-14)20-3/h5-12,19H,4H2,1-3H3. The molecule has 3 nitrogen and oxygen atoms in total. The Hall–Kier alpha value is -2.23. The minimum atomic E-state index is -0.364. The van der Waals surface area contributed by atoms with Crippen LogP contribution in [0.4, 0.5) is 10.1 Å². The van der Waals surface area contributed by atoms with Crippen molar-refractivity contribution in [3.05, 3.63) is 53.8 Å². The fourth-order valence-electron chi connectivity index (χ4n) is 2.10. The molecule has 0 amide bonds. The van der Waals surface area contributed by atoms with Gasteiger partial charge in [0.1, 0.15) is 5.75 Å². The first-order chi connectivity index (χ1) is 10.1. The smallest absolute Gasteiger partial charge is 0.165 e. The van der Waals surface area contributed by atoms with Crippen molar-refractivity contribution in [1.29, 1.82) is 0 Å². The summed E-state index contributed by atoms with van der Waals surface area (Å²) in [6.45, 7) is 4.66. The summed E-state index contributed by atoms with van der Waals surface area (Å²) < 4.78 is 23.8. The number of hydrogen-bond donors (Lipinski definition) is 1. The molecule has 0 aromatic heterocycles. The Morgan fingerprint density at radius 3 is 2.48 bits per heavy atom. The fourth-order valence-corrected chi connectivity index (χ4v) is 2.10. The SMILES string of the molecule is CCOc1ccc(C(C)Nc2ccc(F)c(OC)c2)cc1. The second-order valence-corrected chi connectivity index (χ2v) is 4.72. The van der Waals surface area contributed by atoms with Crippen LogP contribution in [-0.4, -0.2) is 13.7 Å². The van der Waals surface area contributed by atoms with Crippen molar-refractivity contribution in [3.63, 3.8) is 0 Å². The van der Waals surface area contributed by atoms with Crippen molar-refractivity contribution in [2.24, 2.45) is 0 Å². The predicted octanol–water partition coefficient (Wildman–Crippen LogP) is 4.41. The summed E-state index contributed by atoms with van der Waals surface area (Å²) in [7, 11) is 1.46. The lowest BCUT2D eigenvalue weighted by Gasteiger charge is -2.17. The maximum atomic E-state index is 13.4. The van der Waals surface area contributed by atoms with Crippen molar-refractivity contribution in [2.75, 3.05) is 19.0 Å². The third-order valence-electron chi connectivity index (χ3n) is 3.23. The highest BCUT2D eigenvalue weighted by Gasteiger charge is 2.08. The van der Waals surface area contributed by atoms with E-state index in [1.165, 1.54) is 13.2 Å². The number of ether oxygens (including phenoxy) is 2. The summed E-state index contributed by atoms with van der Waals surface area (Å²) in [5, 5.41) is 3.32. The van der Waals surface area contributed by atoms with Crippen LogP contribution in [0.15, 0.2) is 42.5 Å². The van der Waals surface area contributed by atoms with E-state index in [1.807, 2.05) is 38.1 Å². The fraction of sp³-hybridized carbons (Fsp3) is 0.294. The molecule has 1 unspecified atom stereocenters. The summed E-state index contributed by atoms with van der Waals surface area (Å²) in [4.78, 5) is 0. The highest BCUT2D eigenvalue weighted by atomic mass is 19.1. The molecule has 0 radical (unpaired) electrons. The largest absolute Gasteiger partial charge is 0.494 e. The molecule has 1 atom stereocenters. The van der Waals surface area contributed by atoms with Crippen molar-refractivity contribution in [2.45, 2.75) is 19.9 Å². The zero-order valence-electron chi connectivity index (χ0n) is 12.5. The quantitative estimate of drug-likeness (QED) is 0.854. The predicted molar refractivity (Wildman–Crippen MR) is 82.6 cm³/mol. The average molecular weight is 289 g/mol. The van der Waals surface area contributed by atoms with Crippen LogP contribution in [0.3, 0.4) is 0 Å². The first-order valence-corrected chi connectivity index (χ1v) is 6.97. The normalized spacial score (nSPS) is 11.8. The summed E-state index contributed by atoms with van der Waals surface area (Å²) in [5.41, 5.74) is 1.94. The Morgan fingerprint density at radius 1 is 1.14 bits per heavy atom. The Kier molecular flexibility index (Phi) is 5.04. The molecule has 0 heterocycles. The van der Waals surface area contributed by atoms with Crippen LogP contribution in [0.2, 0.25) is 0 Å². The zero-order valence-corrected chi connectivity index (χ0v) is 12.5. The topological polar surface area (TPSA) is 30.5 Å². The van der Waals surface area contributed by atoms with Crippen molar-refractivity contribution < 1.29 is 13.9 Å². The van der Waals surface area contributed by atoms with Crippen LogP contribution in [0.1, 0.15) is 25.5 Å². The maximum Gasteiger partial charge on any atom is 0.165 e. The van der Waals surface area contributed by atoms with E-state index >= 15 is 0 Å². The Bertz CT molecular complexity index is 584. The summed E-state index contributed by atoms with van der Waals surface area (Å²) >= 11 is 0. The molecule has 0 aliphatic rings. The average Bonchev–Trinajstić information content (AvgIpc) is 2.50. The number of hydrogen-bond acceptors (Lipinski definition) is 3. The van der Waals surface area contributed by atoms with Crippen LogP contribution < -0.4 is 14.8 Å². The molecule has 0 aliphatic carbocycles. The van der Waals surface area contributed by atoms with E-state index in [-0.39, 0.29) is 17.6 Å². The van der Waals surface area contributed by atoms with E-state index in [9.17, 15) is 4.39 Å². The molecule has 0 bridgehead atoms. The Balaban J connectivity index is 2.08. The van der Waals surface area contributed by atoms with Crippen molar-refractivity contribution >= 4 is 5.69 Å². The molecule has 2 aromatic rings. The monoisotopic (exact) mass is 289 g/mol. The number of halogens is 1. The number of benzene rings is 2. The lowest BCUT2D eigenvalue weighted by Crippen LogP contribution is -2.07. The highest BCUT2D eigenvalue weighted by Crippen LogP contribution is 2.26. The van der Waals surface area contributed by atoms with Gasteiger partial charge >= 0.3 is 0 Å². The molecule has 4 heteroatoms. The Morgan fingerprint density at radius 2 is 1.86 bits per heavy atom. The van der Waals surface area contributed by atoms with Gasteiger partial charge in [-0.25, -0.2) is 4.39 Å². The highest BCUT2D eigenvalue weighted by molar-refractivity contribution is 5.50. The van der Waals surface area contributed by atoms with Gasteiger partial charge in [-0.2, -0.15) is 0 Å². The summed E-state index contributed by atoms with van der Waals surface area (Å²) in [5.74, 6) is 0.729. The first-order valence-electron chi connectivity index (χ1n) is 6.97. The van der Waals surface area contributed by atoms with Crippen LogP contribution in [0, 0.1) is 5.82 Å². The lowest BCUT2D eigenvalue weighted by atomic mass is 10.1. The van der Waals surface area contributed by atoms with E-state index in [2.05, 4.69) is 5.32 Å². The minimum Gasteiger partial charge on any atom is -0.494 e. The molecule has 0 aliphatic heterocycles. The minimum absolute atomic E-state index is 0.0934. The van der Waals surface area contributed by atoms with Gasteiger partial charge in [-0.3, -0.25) is 0 Å². The second kappa shape index (κ2) is 6.97. The van der Waals surface area contributed by atoms with Gasteiger partial charge in [0.2, 0.25) is 0 Å². The summed E-state index contributed by atoms with van der Waals surface area (Å²) in [6, 6.07) is 12.8. The maximum absolute atomic E-state index is 13.4. The molecule has 0 spiro atoms. The van der Waals surface area contributed by atoms with Gasteiger partial charge in [-0.05, 0) is 43.7 Å². The number of rotatable bonds is 6. The molecular weight excluding hydrogens is 269 g/mol. The second-order valence-electron chi connectivity index (χ2n) is 4.72. The number of nitrogens with one attached hydrogen (secondary N) is 1.